The number of esters is 1. The van der Waals surface area contributed by atoms with Gasteiger partial charge in [0.1, 0.15) is 0 Å². The summed E-state index contributed by atoms with van der Waals surface area (Å²) >= 11 is 11.9. The van der Waals surface area contributed by atoms with Crippen LogP contribution in [0.15, 0.2) is 18.2 Å². The number of carbonyl (C=O) groups is 2. The minimum Gasteiger partial charge on any atom is -0.452 e. The summed E-state index contributed by atoms with van der Waals surface area (Å²) in [4.78, 5) is 23.9. The Labute approximate surface area is 140 Å². The van der Waals surface area contributed by atoms with Crippen LogP contribution >= 0.6 is 23.2 Å². The van der Waals surface area contributed by atoms with Gasteiger partial charge in [0.25, 0.3) is 5.91 Å². The molecular formula is C16H19Cl2NO3. The largest absolute Gasteiger partial charge is 0.452 e. The first kappa shape index (κ1) is 17.1. The van der Waals surface area contributed by atoms with Crippen molar-refractivity contribution in [2.24, 2.45) is 5.92 Å². The topological polar surface area (TPSA) is 55.4 Å². The maximum atomic E-state index is 12.0. The molecule has 1 aromatic carbocycles. The number of amides is 1. The predicted molar refractivity (Wildman–Crippen MR) is 86.3 cm³/mol. The maximum Gasteiger partial charge on any atom is 0.341 e. The van der Waals surface area contributed by atoms with Crippen LogP contribution in [0, 0.1) is 5.92 Å². The number of benzene rings is 1. The first-order valence-electron chi connectivity index (χ1n) is 7.39. The molecule has 0 aromatic heterocycles. The SMILES string of the molecule is C[C@@H]1CCCC[C@H]1NC(=O)COC(=O)c1c(Cl)cccc1Cl. The normalized spacial score (nSPS) is 21.2. The second-order valence-corrected chi connectivity index (χ2v) is 6.42. The zero-order valence-corrected chi connectivity index (χ0v) is 13.9. The molecule has 0 saturated heterocycles. The van der Waals surface area contributed by atoms with Crippen molar-refractivity contribution in [1.82, 2.24) is 5.32 Å². The van der Waals surface area contributed by atoms with Gasteiger partial charge in [-0.15, -0.1) is 0 Å². The lowest BCUT2D eigenvalue weighted by Crippen LogP contribution is -2.42. The second-order valence-electron chi connectivity index (χ2n) is 5.61. The number of hydrogen-bond donors (Lipinski definition) is 1. The molecule has 120 valence electrons. The first-order valence-corrected chi connectivity index (χ1v) is 8.15. The van der Waals surface area contributed by atoms with Gasteiger partial charge < -0.3 is 10.1 Å². The number of ether oxygens (including phenoxy) is 1. The average Bonchev–Trinajstić information content (AvgIpc) is 2.47. The lowest BCUT2D eigenvalue weighted by atomic mass is 9.86. The van der Waals surface area contributed by atoms with Crippen molar-refractivity contribution in [2.45, 2.75) is 38.6 Å². The Kier molecular flexibility index (Phi) is 6.09. The van der Waals surface area contributed by atoms with E-state index in [2.05, 4.69) is 12.2 Å². The average molecular weight is 344 g/mol. The van der Waals surface area contributed by atoms with Gasteiger partial charge in [0, 0.05) is 6.04 Å². The highest BCUT2D eigenvalue weighted by atomic mass is 35.5. The smallest absolute Gasteiger partial charge is 0.341 e. The number of hydrogen-bond acceptors (Lipinski definition) is 3. The Balaban J connectivity index is 1.87. The van der Waals surface area contributed by atoms with Crippen molar-refractivity contribution >= 4 is 35.1 Å². The fraction of sp³-hybridized carbons (Fsp3) is 0.500. The molecule has 2 atom stereocenters. The highest BCUT2D eigenvalue weighted by Gasteiger charge is 2.23. The Morgan fingerprint density at radius 3 is 2.50 bits per heavy atom. The van der Waals surface area contributed by atoms with Crippen LogP contribution < -0.4 is 5.32 Å². The third kappa shape index (κ3) is 4.37. The predicted octanol–water partition coefficient (Wildman–Crippen LogP) is 3.85. The van der Waals surface area contributed by atoms with E-state index >= 15 is 0 Å². The molecule has 0 unspecified atom stereocenters. The molecule has 0 spiro atoms. The van der Waals surface area contributed by atoms with Gasteiger partial charge in [-0.3, -0.25) is 4.79 Å². The molecule has 22 heavy (non-hydrogen) atoms. The third-order valence-corrected chi connectivity index (χ3v) is 4.59. The molecule has 0 aliphatic heterocycles. The van der Waals surface area contributed by atoms with Crippen LogP contribution in [0.2, 0.25) is 10.0 Å². The van der Waals surface area contributed by atoms with Gasteiger partial charge in [0.05, 0.1) is 15.6 Å². The van der Waals surface area contributed by atoms with E-state index in [4.69, 9.17) is 27.9 Å². The van der Waals surface area contributed by atoms with Gasteiger partial charge >= 0.3 is 5.97 Å². The van der Waals surface area contributed by atoms with Crippen LogP contribution in [0.3, 0.4) is 0 Å². The number of nitrogens with one attached hydrogen (secondary N) is 1. The monoisotopic (exact) mass is 343 g/mol. The van der Waals surface area contributed by atoms with E-state index in [-0.39, 0.29) is 34.2 Å². The molecule has 2 rings (SSSR count). The molecule has 1 saturated carbocycles. The zero-order chi connectivity index (χ0) is 16.1. The Bertz CT molecular complexity index is 542. The fourth-order valence-electron chi connectivity index (χ4n) is 2.68. The van der Waals surface area contributed by atoms with Gasteiger partial charge in [0.15, 0.2) is 6.61 Å². The molecule has 1 fully saturated rings. The van der Waals surface area contributed by atoms with E-state index in [1.54, 1.807) is 18.2 Å². The number of rotatable bonds is 4. The summed E-state index contributed by atoms with van der Waals surface area (Å²) in [5, 5.41) is 3.34. The molecule has 6 heteroatoms. The summed E-state index contributed by atoms with van der Waals surface area (Å²) in [6.45, 7) is 1.79. The van der Waals surface area contributed by atoms with Gasteiger partial charge in [0.2, 0.25) is 0 Å². The summed E-state index contributed by atoms with van der Waals surface area (Å²) in [5.41, 5.74) is 0.0877. The van der Waals surface area contributed by atoms with Gasteiger partial charge in [-0.05, 0) is 30.9 Å². The quantitative estimate of drug-likeness (QED) is 0.845. The van der Waals surface area contributed by atoms with Crippen LogP contribution in [-0.4, -0.2) is 24.5 Å². The molecule has 1 aromatic rings. The van der Waals surface area contributed by atoms with E-state index in [0.717, 1.165) is 19.3 Å². The van der Waals surface area contributed by atoms with E-state index in [9.17, 15) is 9.59 Å². The lowest BCUT2D eigenvalue weighted by molar-refractivity contribution is -0.125. The van der Waals surface area contributed by atoms with E-state index in [0.29, 0.717) is 5.92 Å². The van der Waals surface area contributed by atoms with E-state index in [1.165, 1.54) is 6.42 Å². The summed E-state index contributed by atoms with van der Waals surface area (Å²) < 4.78 is 5.01. The van der Waals surface area contributed by atoms with Crippen molar-refractivity contribution in [1.29, 1.82) is 0 Å². The Morgan fingerprint density at radius 1 is 1.23 bits per heavy atom. The second kappa shape index (κ2) is 7.84. The van der Waals surface area contributed by atoms with E-state index in [1.807, 2.05) is 0 Å². The lowest BCUT2D eigenvalue weighted by Gasteiger charge is -2.29. The molecule has 0 heterocycles. The highest BCUT2D eigenvalue weighted by Crippen LogP contribution is 2.25. The highest BCUT2D eigenvalue weighted by molar-refractivity contribution is 6.39. The maximum absolute atomic E-state index is 12.0. The molecular weight excluding hydrogens is 325 g/mol. The van der Waals surface area contributed by atoms with E-state index < -0.39 is 5.97 Å². The van der Waals surface area contributed by atoms with Crippen LogP contribution in [-0.2, 0) is 9.53 Å². The Hall–Kier alpha value is -1.26. The number of halogens is 2. The van der Waals surface area contributed by atoms with Crippen molar-refractivity contribution < 1.29 is 14.3 Å². The Morgan fingerprint density at radius 2 is 1.86 bits per heavy atom. The first-order chi connectivity index (χ1) is 10.5. The zero-order valence-electron chi connectivity index (χ0n) is 12.4. The molecule has 4 nitrogen and oxygen atoms in total. The van der Waals surface area contributed by atoms with Crippen LogP contribution in [0.1, 0.15) is 43.0 Å². The van der Waals surface area contributed by atoms with Gasteiger partial charge in [-0.25, -0.2) is 4.79 Å². The van der Waals surface area contributed by atoms with Crippen molar-refractivity contribution in [3.63, 3.8) is 0 Å². The molecule has 1 aliphatic carbocycles. The fourth-order valence-corrected chi connectivity index (χ4v) is 3.23. The van der Waals surface area contributed by atoms with Crippen molar-refractivity contribution in [2.75, 3.05) is 6.61 Å². The third-order valence-electron chi connectivity index (χ3n) is 3.96. The minimum absolute atomic E-state index is 0.0877. The van der Waals surface area contributed by atoms with Gasteiger partial charge in [-0.1, -0.05) is 49.0 Å². The minimum atomic E-state index is -0.692. The number of carbonyl (C=O) groups excluding carboxylic acids is 2. The van der Waals surface area contributed by atoms with Crippen LogP contribution in [0.4, 0.5) is 0 Å². The molecule has 1 aliphatic rings. The van der Waals surface area contributed by atoms with Crippen molar-refractivity contribution in [3.05, 3.63) is 33.8 Å². The summed E-state index contributed by atoms with van der Waals surface area (Å²) in [7, 11) is 0. The van der Waals surface area contributed by atoms with Crippen LogP contribution in [0.5, 0.6) is 0 Å². The molecule has 1 amide bonds. The molecule has 0 bridgehead atoms. The standard InChI is InChI=1S/C16H19Cl2NO3/c1-10-5-2-3-8-13(10)19-14(20)9-22-16(21)15-11(17)6-4-7-12(15)18/h4,6-7,10,13H,2-3,5,8-9H2,1H3,(H,19,20)/t10-,13-/m1/s1. The summed E-state index contributed by atoms with van der Waals surface area (Å²) in [6, 6.07) is 4.89. The van der Waals surface area contributed by atoms with Gasteiger partial charge in [-0.2, -0.15) is 0 Å². The van der Waals surface area contributed by atoms with Crippen molar-refractivity contribution in [3.8, 4) is 0 Å². The molecule has 0 radical (unpaired) electrons. The summed E-state index contributed by atoms with van der Waals surface area (Å²) in [5.74, 6) is -0.538. The summed E-state index contributed by atoms with van der Waals surface area (Å²) in [6.07, 6.45) is 4.40. The van der Waals surface area contributed by atoms with Crippen LogP contribution in [0.25, 0.3) is 0 Å². The molecule has 1 N–H and O–H groups in total.